The van der Waals surface area contributed by atoms with Crippen LogP contribution in [0.3, 0.4) is 0 Å². The third-order valence-electron chi connectivity index (χ3n) is 5.40. The molecule has 0 bridgehead atoms. The molecule has 2 aliphatic heterocycles. The predicted octanol–water partition coefficient (Wildman–Crippen LogP) is 0.189. The Hall–Kier alpha value is -2.07. The van der Waals surface area contributed by atoms with Gasteiger partial charge in [-0.1, -0.05) is 12.1 Å². The fraction of sp³-hybridized carbons (Fsp3) is 0.619. The summed E-state index contributed by atoms with van der Waals surface area (Å²) in [4.78, 5) is 26.6. The van der Waals surface area contributed by atoms with Crippen LogP contribution in [0.15, 0.2) is 24.3 Å². The number of nitrogens with one attached hydrogen (secondary N) is 2. The molecule has 2 heterocycles. The Morgan fingerprint density at radius 2 is 2.00 bits per heavy atom. The van der Waals surface area contributed by atoms with E-state index in [4.69, 9.17) is 9.47 Å². The molecule has 0 radical (unpaired) electrons. The van der Waals surface area contributed by atoms with Crippen LogP contribution in [-0.2, 0) is 25.6 Å². The van der Waals surface area contributed by atoms with Crippen molar-refractivity contribution in [3.05, 3.63) is 35.6 Å². The molecule has 3 rings (SSSR count). The highest BCUT2D eigenvalue weighted by Crippen LogP contribution is 2.22. The summed E-state index contributed by atoms with van der Waals surface area (Å²) in [6, 6.07) is 5.79. The number of aliphatic hydroxyl groups excluding tert-OH is 1. The van der Waals surface area contributed by atoms with Gasteiger partial charge in [-0.2, -0.15) is 0 Å². The van der Waals surface area contributed by atoms with E-state index in [1.165, 1.54) is 12.1 Å². The highest BCUT2D eigenvalue weighted by atomic mass is 19.1. The number of hydrogen-bond donors (Lipinski definition) is 3. The second kappa shape index (κ2) is 11.4. The average Bonchev–Trinajstić information content (AvgIpc) is 2.74. The van der Waals surface area contributed by atoms with Crippen LogP contribution >= 0.6 is 0 Å². The Balaban J connectivity index is 1.40. The molecule has 1 aromatic rings. The minimum Gasteiger partial charge on any atom is -0.394 e. The van der Waals surface area contributed by atoms with E-state index < -0.39 is 6.10 Å². The number of nitrogens with zero attached hydrogens (tertiary/aromatic N) is 1. The molecule has 0 spiro atoms. The fourth-order valence-corrected chi connectivity index (χ4v) is 3.79. The average molecular weight is 423 g/mol. The van der Waals surface area contributed by atoms with E-state index in [-0.39, 0.29) is 49.3 Å². The SMILES string of the molecule is O=C(C[C@H]1CC[C@H](NC(=O)CN2CCOCC2)[C@H](CO)O1)NCc1cccc(F)c1. The number of ether oxygens (including phenoxy) is 2. The lowest BCUT2D eigenvalue weighted by molar-refractivity contribution is -0.136. The maximum atomic E-state index is 13.2. The van der Waals surface area contributed by atoms with Crippen molar-refractivity contribution in [3.8, 4) is 0 Å². The van der Waals surface area contributed by atoms with Crippen molar-refractivity contribution in [3.63, 3.8) is 0 Å². The first kappa shape index (κ1) is 22.6. The second-order valence-electron chi connectivity index (χ2n) is 7.73. The Morgan fingerprint density at radius 3 is 2.73 bits per heavy atom. The molecule has 2 amide bonds. The van der Waals surface area contributed by atoms with Crippen molar-refractivity contribution in [1.82, 2.24) is 15.5 Å². The summed E-state index contributed by atoms with van der Waals surface area (Å²) in [6.45, 7) is 3.01. The predicted molar refractivity (Wildman–Crippen MR) is 107 cm³/mol. The Labute approximate surface area is 175 Å². The van der Waals surface area contributed by atoms with E-state index in [1.807, 2.05) is 4.90 Å². The quantitative estimate of drug-likeness (QED) is 0.552. The van der Waals surface area contributed by atoms with E-state index in [1.54, 1.807) is 12.1 Å². The van der Waals surface area contributed by atoms with Crippen molar-refractivity contribution in [2.75, 3.05) is 39.5 Å². The van der Waals surface area contributed by atoms with Gasteiger partial charge >= 0.3 is 0 Å². The van der Waals surface area contributed by atoms with Crippen molar-refractivity contribution in [2.24, 2.45) is 0 Å². The number of carbonyl (C=O) groups excluding carboxylic acids is 2. The number of halogens is 1. The Morgan fingerprint density at radius 1 is 1.20 bits per heavy atom. The number of benzene rings is 1. The van der Waals surface area contributed by atoms with E-state index in [2.05, 4.69) is 10.6 Å². The number of rotatable bonds is 8. The smallest absolute Gasteiger partial charge is 0.234 e. The first-order valence-corrected chi connectivity index (χ1v) is 10.4. The lowest BCUT2D eigenvalue weighted by Crippen LogP contribution is -2.53. The second-order valence-corrected chi connectivity index (χ2v) is 7.73. The molecule has 3 N–H and O–H groups in total. The standard InChI is InChI=1S/C21H30FN3O5/c22-16-3-1-2-15(10-16)12-23-20(27)11-17-4-5-18(19(14-26)30-17)24-21(28)13-25-6-8-29-9-7-25/h1-3,10,17-19,26H,4-9,11-14H2,(H,23,27)(H,24,28)/t17-,18+,19+/m1/s1. The lowest BCUT2D eigenvalue weighted by atomic mass is 9.97. The van der Waals surface area contributed by atoms with Gasteiger partial charge in [0.05, 0.1) is 44.9 Å². The van der Waals surface area contributed by atoms with E-state index in [9.17, 15) is 19.1 Å². The van der Waals surface area contributed by atoms with Gasteiger partial charge in [0.15, 0.2) is 0 Å². The monoisotopic (exact) mass is 423 g/mol. The minimum absolute atomic E-state index is 0.102. The van der Waals surface area contributed by atoms with Crippen molar-refractivity contribution in [1.29, 1.82) is 0 Å². The van der Waals surface area contributed by atoms with Gasteiger partial charge in [0, 0.05) is 19.6 Å². The van der Waals surface area contributed by atoms with Crippen molar-refractivity contribution in [2.45, 2.75) is 44.1 Å². The van der Waals surface area contributed by atoms with Gasteiger partial charge < -0.3 is 25.2 Å². The van der Waals surface area contributed by atoms with Crippen LogP contribution in [0.5, 0.6) is 0 Å². The summed E-state index contributed by atoms with van der Waals surface area (Å²) in [5.41, 5.74) is 0.684. The lowest BCUT2D eigenvalue weighted by Gasteiger charge is -2.36. The van der Waals surface area contributed by atoms with Crippen LogP contribution in [0.1, 0.15) is 24.8 Å². The molecule has 0 unspecified atom stereocenters. The van der Waals surface area contributed by atoms with E-state index in [0.29, 0.717) is 38.2 Å². The summed E-state index contributed by atoms with van der Waals surface area (Å²) in [6.07, 6.45) is 0.504. The van der Waals surface area contributed by atoms with Gasteiger partial charge in [-0.25, -0.2) is 4.39 Å². The van der Waals surface area contributed by atoms with Crippen molar-refractivity contribution >= 4 is 11.8 Å². The molecule has 0 aliphatic carbocycles. The Bertz CT molecular complexity index is 714. The third kappa shape index (κ3) is 7.02. The van der Waals surface area contributed by atoms with Gasteiger partial charge in [-0.3, -0.25) is 14.5 Å². The zero-order valence-electron chi connectivity index (χ0n) is 17.0. The normalized spacial score (nSPS) is 24.9. The molecule has 3 atom stereocenters. The fourth-order valence-electron chi connectivity index (χ4n) is 3.79. The topological polar surface area (TPSA) is 100 Å². The maximum Gasteiger partial charge on any atom is 0.234 e. The molecule has 2 fully saturated rings. The number of amides is 2. The van der Waals surface area contributed by atoms with Crippen LogP contribution in [-0.4, -0.2) is 79.5 Å². The number of aliphatic hydroxyl groups is 1. The van der Waals surface area contributed by atoms with Gasteiger partial charge in [0.25, 0.3) is 0 Å². The van der Waals surface area contributed by atoms with Crippen molar-refractivity contribution < 1.29 is 28.6 Å². The molecular weight excluding hydrogens is 393 g/mol. The molecule has 0 aromatic heterocycles. The van der Waals surface area contributed by atoms with Crippen LogP contribution in [0.4, 0.5) is 4.39 Å². The Kier molecular flexibility index (Phi) is 8.56. The van der Waals surface area contributed by atoms with Gasteiger partial charge in [-0.05, 0) is 30.5 Å². The summed E-state index contributed by atoms with van der Waals surface area (Å²) < 4.78 is 24.4. The first-order valence-electron chi connectivity index (χ1n) is 10.4. The van der Waals surface area contributed by atoms with Gasteiger partial charge in [0.1, 0.15) is 11.9 Å². The van der Waals surface area contributed by atoms with Crippen LogP contribution in [0.25, 0.3) is 0 Å². The first-order chi connectivity index (χ1) is 14.5. The van der Waals surface area contributed by atoms with Gasteiger partial charge in [-0.15, -0.1) is 0 Å². The summed E-state index contributed by atoms with van der Waals surface area (Å²) in [5.74, 6) is -0.643. The largest absolute Gasteiger partial charge is 0.394 e. The molecule has 0 saturated carbocycles. The number of morpholine rings is 1. The van der Waals surface area contributed by atoms with Gasteiger partial charge in [0.2, 0.25) is 11.8 Å². The maximum absolute atomic E-state index is 13.2. The molecule has 30 heavy (non-hydrogen) atoms. The highest BCUT2D eigenvalue weighted by molar-refractivity contribution is 5.78. The molecule has 2 saturated heterocycles. The number of carbonyl (C=O) groups is 2. The highest BCUT2D eigenvalue weighted by Gasteiger charge is 2.33. The molecule has 9 heteroatoms. The molecule has 2 aliphatic rings. The third-order valence-corrected chi connectivity index (χ3v) is 5.40. The molecular formula is C21H30FN3O5. The summed E-state index contributed by atoms with van der Waals surface area (Å²) in [7, 11) is 0. The summed E-state index contributed by atoms with van der Waals surface area (Å²) >= 11 is 0. The molecule has 1 aromatic carbocycles. The van der Waals surface area contributed by atoms with E-state index in [0.717, 1.165) is 13.1 Å². The molecule has 8 nitrogen and oxygen atoms in total. The van der Waals surface area contributed by atoms with E-state index >= 15 is 0 Å². The summed E-state index contributed by atoms with van der Waals surface area (Å²) in [5, 5.41) is 15.4. The zero-order chi connectivity index (χ0) is 21.3. The van der Waals surface area contributed by atoms with Crippen LogP contribution in [0.2, 0.25) is 0 Å². The number of hydrogen-bond acceptors (Lipinski definition) is 6. The van der Waals surface area contributed by atoms with Crippen LogP contribution in [0, 0.1) is 5.82 Å². The zero-order valence-corrected chi connectivity index (χ0v) is 17.0. The van der Waals surface area contributed by atoms with Crippen LogP contribution < -0.4 is 10.6 Å². The molecule has 166 valence electrons. The minimum atomic E-state index is -0.548.